The van der Waals surface area contributed by atoms with Crippen molar-refractivity contribution < 1.29 is 8.42 Å². The highest BCUT2D eigenvalue weighted by atomic mass is 35.5. The fourth-order valence-electron chi connectivity index (χ4n) is 3.24. The maximum Gasteiger partial charge on any atom is 0.243 e. The molecule has 1 heterocycles. The van der Waals surface area contributed by atoms with Gasteiger partial charge in [-0.3, -0.25) is 0 Å². The van der Waals surface area contributed by atoms with Gasteiger partial charge in [0.05, 0.1) is 4.90 Å². The van der Waals surface area contributed by atoms with Gasteiger partial charge in [-0.15, -0.1) is 0 Å². The first-order valence-electron chi connectivity index (χ1n) is 7.86. The van der Waals surface area contributed by atoms with Crippen molar-refractivity contribution in [2.45, 2.75) is 17.7 Å². The molecule has 0 unspecified atom stereocenters. The predicted octanol–water partition coefficient (Wildman–Crippen LogP) is 3.11. The molecule has 3 rings (SSSR count). The van der Waals surface area contributed by atoms with Crippen LogP contribution in [0.1, 0.15) is 12.8 Å². The number of piperidine rings is 1. The second kappa shape index (κ2) is 6.77. The minimum atomic E-state index is -3.49. The Labute approximate surface area is 142 Å². The zero-order chi connectivity index (χ0) is 16.4. The smallest absolute Gasteiger partial charge is 0.243 e. The Morgan fingerprint density at radius 3 is 2.43 bits per heavy atom. The number of nitrogens with one attached hydrogen (secondary N) is 1. The van der Waals surface area contributed by atoms with Crippen LogP contribution in [-0.4, -0.2) is 39.4 Å². The van der Waals surface area contributed by atoms with Crippen LogP contribution >= 0.6 is 11.6 Å². The summed E-state index contributed by atoms with van der Waals surface area (Å²) in [6, 6.07) is 10.7. The number of nitrogens with zero attached hydrogens (tertiary/aromatic N) is 1. The lowest BCUT2D eigenvalue weighted by Crippen LogP contribution is -2.40. The third kappa shape index (κ3) is 3.24. The van der Waals surface area contributed by atoms with E-state index in [0.717, 1.165) is 24.8 Å². The molecular weight excluding hydrogens is 332 g/mol. The quantitative estimate of drug-likeness (QED) is 0.919. The molecule has 0 radical (unpaired) electrons. The Morgan fingerprint density at radius 2 is 1.78 bits per heavy atom. The minimum Gasteiger partial charge on any atom is -0.319 e. The van der Waals surface area contributed by atoms with Gasteiger partial charge in [0.2, 0.25) is 10.0 Å². The molecule has 0 amide bonds. The van der Waals surface area contributed by atoms with Crippen molar-refractivity contribution in [2.75, 3.05) is 26.7 Å². The highest BCUT2D eigenvalue weighted by Crippen LogP contribution is 2.32. The minimum absolute atomic E-state index is 0.351. The van der Waals surface area contributed by atoms with Crippen molar-refractivity contribution in [2.24, 2.45) is 5.92 Å². The average Bonchev–Trinajstić information content (AvgIpc) is 2.56. The summed E-state index contributed by atoms with van der Waals surface area (Å²) in [5, 5.41) is 5.22. The van der Waals surface area contributed by atoms with Crippen LogP contribution in [0.25, 0.3) is 10.8 Å². The van der Waals surface area contributed by atoms with E-state index in [4.69, 9.17) is 11.6 Å². The largest absolute Gasteiger partial charge is 0.319 e. The maximum absolute atomic E-state index is 13.0. The molecule has 1 N–H and O–H groups in total. The molecule has 2 aromatic carbocycles. The summed E-state index contributed by atoms with van der Waals surface area (Å²) >= 11 is 6.20. The van der Waals surface area contributed by atoms with Gasteiger partial charge in [-0.1, -0.05) is 35.9 Å². The summed E-state index contributed by atoms with van der Waals surface area (Å²) in [4.78, 5) is 0.351. The summed E-state index contributed by atoms with van der Waals surface area (Å²) in [6.45, 7) is 2.09. The van der Waals surface area contributed by atoms with Gasteiger partial charge in [0.25, 0.3) is 0 Å². The van der Waals surface area contributed by atoms with Gasteiger partial charge in [0.15, 0.2) is 0 Å². The molecule has 23 heavy (non-hydrogen) atoms. The monoisotopic (exact) mass is 352 g/mol. The molecule has 1 saturated heterocycles. The lowest BCUT2D eigenvalue weighted by atomic mass is 9.98. The van der Waals surface area contributed by atoms with E-state index in [2.05, 4.69) is 5.32 Å². The van der Waals surface area contributed by atoms with E-state index >= 15 is 0 Å². The molecule has 0 bridgehead atoms. The normalized spacial score (nSPS) is 17.7. The summed E-state index contributed by atoms with van der Waals surface area (Å²) < 4.78 is 27.7. The molecule has 0 aliphatic carbocycles. The van der Waals surface area contributed by atoms with Crippen LogP contribution < -0.4 is 5.32 Å². The SMILES string of the molecule is CNCC1CCN(S(=O)(=O)c2ccc(Cl)c3ccccc23)CC1. The Balaban J connectivity index is 1.94. The van der Waals surface area contributed by atoms with E-state index in [0.29, 0.717) is 34.3 Å². The van der Waals surface area contributed by atoms with E-state index in [9.17, 15) is 8.42 Å². The molecule has 0 spiro atoms. The topological polar surface area (TPSA) is 49.4 Å². The van der Waals surface area contributed by atoms with Gasteiger partial charge in [-0.05, 0) is 44.5 Å². The standard InChI is InChI=1S/C17H21ClN2O2S/c1-19-12-13-8-10-20(11-9-13)23(21,22)17-7-6-16(18)14-4-2-3-5-15(14)17/h2-7,13,19H,8-12H2,1H3. The zero-order valence-electron chi connectivity index (χ0n) is 13.1. The van der Waals surface area contributed by atoms with E-state index < -0.39 is 10.0 Å². The molecule has 1 aliphatic heterocycles. The molecule has 0 atom stereocenters. The Hall–Kier alpha value is -1.14. The first-order chi connectivity index (χ1) is 11.0. The number of halogens is 1. The second-order valence-corrected chi connectivity index (χ2v) is 8.31. The molecule has 0 aromatic heterocycles. The van der Waals surface area contributed by atoms with E-state index in [-0.39, 0.29) is 0 Å². The van der Waals surface area contributed by atoms with Crippen molar-refractivity contribution in [1.82, 2.24) is 9.62 Å². The van der Waals surface area contributed by atoms with Gasteiger partial charge < -0.3 is 5.32 Å². The molecule has 1 aliphatic rings. The summed E-state index contributed by atoms with van der Waals surface area (Å²) in [7, 11) is -1.56. The molecule has 1 fully saturated rings. The van der Waals surface area contributed by atoms with Crippen LogP contribution in [0, 0.1) is 5.92 Å². The highest BCUT2D eigenvalue weighted by molar-refractivity contribution is 7.89. The summed E-state index contributed by atoms with van der Waals surface area (Å²) in [5.41, 5.74) is 0. The second-order valence-electron chi connectivity index (χ2n) is 6.00. The number of hydrogen-bond acceptors (Lipinski definition) is 3. The van der Waals surface area contributed by atoms with Crippen LogP contribution in [0.4, 0.5) is 0 Å². The Kier molecular flexibility index (Phi) is 4.92. The van der Waals surface area contributed by atoms with Gasteiger partial charge in [0, 0.05) is 28.9 Å². The van der Waals surface area contributed by atoms with Gasteiger partial charge >= 0.3 is 0 Å². The van der Waals surface area contributed by atoms with E-state index in [1.165, 1.54) is 0 Å². The highest BCUT2D eigenvalue weighted by Gasteiger charge is 2.30. The van der Waals surface area contributed by atoms with E-state index in [1.807, 2.05) is 31.3 Å². The van der Waals surface area contributed by atoms with Crippen molar-refractivity contribution in [3.63, 3.8) is 0 Å². The average molecular weight is 353 g/mol. The van der Waals surface area contributed by atoms with Crippen molar-refractivity contribution in [3.05, 3.63) is 41.4 Å². The molecule has 124 valence electrons. The molecule has 6 heteroatoms. The molecule has 4 nitrogen and oxygen atoms in total. The maximum atomic E-state index is 13.0. The number of benzene rings is 2. The first-order valence-corrected chi connectivity index (χ1v) is 9.68. The first kappa shape index (κ1) is 16.7. The third-order valence-corrected chi connectivity index (χ3v) is 6.80. The Bertz CT molecular complexity index is 799. The number of hydrogen-bond donors (Lipinski definition) is 1. The van der Waals surface area contributed by atoms with Crippen LogP contribution in [0.15, 0.2) is 41.3 Å². The molecule has 0 saturated carbocycles. The van der Waals surface area contributed by atoms with Gasteiger partial charge in [0.1, 0.15) is 0 Å². The van der Waals surface area contributed by atoms with Gasteiger partial charge in [-0.2, -0.15) is 4.31 Å². The van der Waals surface area contributed by atoms with Crippen LogP contribution in [-0.2, 0) is 10.0 Å². The van der Waals surface area contributed by atoms with Gasteiger partial charge in [-0.25, -0.2) is 8.42 Å². The van der Waals surface area contributed by atoms with Crippen LogP contribution in [0.5, 0.6) is 0 Å². The number of fused-ring (bicyclic) bond motifs is 1. The molecular formula is C17H21ClN2O2S. The number of rotatable bonds is 4. The van der Waals surface area contributed by atoms with Crippen molar-refractivity contribution >= 4 is 32.4 Å². The van der Waals surface area contributed by atoms with Crippen LogP contribution in [0.3, 0.4) is 0 Å². The van der Waals surface area contributed by atoms with Crippen molar-refractivity contribution in [1.29, 1.82) is 0 Å². The summed E-state index contributed by atoms with van der Waals surface area (Å²) in [5.74, 6) is 0.549. The van der Waals surface area contributed by atoms with Crippen molar-refractivity contribution in [3.8, 4) is 0 Å². The predicted molar refractivity (Wildman–Crippen MR) is 94.4 cm³/mol. The number of sulfonamides is 1. The van der Waals surface area contributed by atoms with Crippen LogP contribution in [0.2, 0.25) is 5.02 Å². The zero-order valence-corrected chi connectivity index (χ0v) is 14.7. The van der Waals surface area contributed by atoms with E-state index in [1.54, 1.807) is 16.4 Å². The lowest BCUT2D eigenvalue weighted by Gasteiger charge is -2.31. The fourth-order valence-corrected chi connectivity index (χ4v) is 5.13. The lowest BCUT2D eigenvalue weighted by molar-refractivity contribution is 0.271. The summed E-state index contributed by atoms with van der Waals surface area (Å²) in [6.07, 6.45) is 1.79. The fraction of sp³-hybridized carbons (Fsp3) is 0.412. The third-order valence-electron chi connectivity index (χ3n) is 4.51. The Morgan fingerprint density at radius 1 is 1.13 bits per heavy atom. The molecule has 2 aromatic rings.